The highest BCUT2D eigenvalue weighted by molar-refractivity contribution is 7.13. The van der Waals surface area contributed by atoms with Gasteiger partial charge in [0.1, 0.15) is 4.88 Å². The van der Waals surface area contributed by atoms with Gasteiger partial charge >= 0.3 is 0 Å². The number of aromatic nitrogens is 1. The SMILES string of the molecule is CCN(CC)Cc1cccc(CNC(=O)c2sc(CC(C)C)nc2C)c1. The molecule has 0 saturated carbocycles. The molecule has 5 heteroatoms. The minimum atomic E-state index is -0.0239. The van der Waals surface area contributed by atoms with E-state index in [1.807, 2.05) is 6.92 Å². The van der Waals surface area contributed by atoms with Crippen LogP contribution in [0.25, 0.3) is 0 Å². The summed E-state index contributed by atoms with van der Waals surface area (Å²) in [6.07, 6.45) is 0.923. The molecule has 0 unspecified atom stereocenters. The number of carbonyl (C=O) groups excluding carboxylic acids is 1. The van der Waals surface area contributed by atoms with Crippen molar-refractivity contribution >= 4 is 17.2 Å². The quantitative estimate of drug-likeness (QED) is 0.707. The van der Waals surface area contributed by atoms with Crippen LogP contribution < -0.4 is 5.32 Å². The van der Waals surface area contributed by atoms with Gasteiger partial charge in [-0.3, -0.25) is 9.69 Å². The number of amides is 1. The van der Waals surface area contributed by atoms with E-state index in [-0.39, 0.29) is 5.91 Å². The molecular weight excluding hydrogens is 342 g/mol. The largest absolute Gasteiger partial charge is 0.347 e. The number of benzene rings is 1. The maximum absolute atomic E-state index is 12.5. The van der Waals surface area contributed by atoms with E-state index >= 15 is 0 Å². The van der Waals surface area contributed by atoms with E-state index in [2.05, 4.69) is 67.2 Å². The summed E-state index contributed by atoms with van der Waals surface area (Å²) in [4.78, 5) is 20.2. The molecule has 4 nitrogen and oxygen atoms in total. The normalized spacial score (nSPS) is 11.3. The standard InChI is InChI=1S/C21H31N3OS/c1-6-24(7-2)14-18-10-8-9-17(12-18)13-22-21(25)20-16(5)23-19(26-20)11-15(3)4/h8-10,12,15H,6-7,11,13-14H2,1-5H3,(H,22,25). The zero-order valence-corrected chi connectivity index (χ0v) is 17.4. The van der Waals surface area contributed by atoms with Crippen molar-refractivity contribution in [3.8, 4) is 0 Å². The van der Waals surface area contributed by atoms with Crippen LogP contribution >= 0.6 is 11.3 Å². The molecule has 2 rings (SSSR count). The summed E-state index contributed by atoms with van der Waals surface area (Å²) in [7, 11) is 0. The van der Waals surface area contributed by atoms with Crippen molar-refractivity contribution in [3.05, 3.63) is 51.0 Å². The molecule has 0 radical (unpaired) electrons. The lowest BCUT2D eigenvalue weighted by atomic mass is 10.1. The maximum Gasteiger partial charge on any atom is 0.263 e. The Morgan fingerprint density at radius 1 is 1.23 bits per heavy atom. The van der Waals surface area contributed by atoms with Crippen molar-refractivity contribution in [1.29, 1.82) is 0 Å². The van der Waals surface area contributed by atoms with Crippen LogP contribution in [0.4, 0.5) is 0 Å². The first-order valence-electron chi connectivity index (χ1n) is 9.47. The molecule has 142 valence electrons. The molecule has 2 aromatic rings. The van der Waals surface area contributed by atoms with Crippen molar-refractivity contribution in [2.45, 2.75) is 54.1 Å². The van der Waals surface area contributed by atoms with Crippen molar-refractivity contribution < 1.29 is 4.79 Å². The van der Waals surface area contributed by atoms with E-state index in [0.717, 1.165) is 47.2 Å². The van der Waals surface area contributed by atoms with E-state index in [4.69, 9.17) is 0 Å². The zero-order valence-electron chi connectivity index (χ0n) is 16.6. The fraction of sp³-hybridized carbons (Fsp3) is 0.524. The minimum Gasteiger partial charge on any atom is -0.347 e. The fourth-order valence-corrected chi connectivity index (χ4v) is 4.10. The number of nitrogens with zero attached hydrogens (tertiary/aromatic N) is 2. The second-order valence-electron chi connectivity index (χ2n) is 7.08. The van der Waals surface area contributed by atoms with Gasteiger partial charge in [-0.05, 0) is 37.1 Å². The smallest absolute Gasteiger partial charge is 0.263 e. The van der Waals surface area contributed by atoms with Gasteiger partial charge in [0, 0.05) is 19.5 Å². The Bertz CT molecular complexity index is 720. The van der Waals surface area contributed by atoms with Gasteiger partial charge in [-0.25, -0.2) is 4.98 Å². The Morgan fingerprint density at radius 3 is 2.58 bits per heavy atom. The summed E-state index contributed by atoms with van der Waals surface area (Å²) in [5.74, 6) is 0.522. The molecule has 0 bridgehead atoms. The van der Waals surface area contributed by atoms with Crippen LogP contribution in [0.15, 0.2) is 24.3 Å². The Morgan fingerprint density at radius 2 is 1.92 bits per heavy atom. The van der Waals surface area contributed by atoms with Gasteiger partial charge in [0.15, 0.2) is 0 Å². The van der Waals surface area contributed by atoms with Crippen molar-refractivity contribution in [1.82, 2.24) is 15.2 Å². The molecule has 1 aromatic carbocycles. The van der Waals surface area contributed by atoms with Crippen LogP contribution in [0.2, 0.25) is 0 Å². The lowest BCUT2D eigenvalue weighted by molar-refractivity contribution is 0.0954. The third-order valence-electron chi connectivity index (χ3n) is 4.38. The highest BCUT2D eigenvalue weighted by atomic mass is 32.1. The summed E-state index contributed by atoms with van der Waals surface area (Å²) in [5.41, 5.74) is 3.25. The van der Waals surface area contributed by atoms with Crippen molar-refractivity contribution in [2.75, 3.05) is 13.1 Å². The first-order valence-corrected chi connectivity index (χ1v) is 10.3. The molecule has 0 aliphatic heterocycles. The van der Waals surface area contributed by atoms with E-state index in [1.54, 1.807) is 0 Å². The third kappa shape index (κ3) is 5.92. The predicted octanol–water partition coefficient (Wildman–Crippen LogP) is 4.42. The number of nitrogens with one attached hydrogen (secondary N) is 1. The summed E-state index contributed by atoms with van der Waals surface area (Å²) >= 11 is 1.52. The molecular formula is C21H31N3OS. The average Bonchev–Trinajstić information content (AvgIpc) is 2.97. The molecule has 0 aliphatic carbocycles. The van der Waals surface area contributed by atoms with Crippen molar-refractivity contribution in [3.63, 3.8) is 0 Å². The molecule has 26 heavy (non-hydrogen) atoms. The lowest BCUT2D eigenvalue weighted by Crippen LogP contribution is -2.23. The summed E-state index contributed by atoms with van der Waals surface area (Å²) in [6.45, 7) is 14.2. The van der Waals surface area contributed by atoms with E-state index < -0.39 is 0 Å². The van der Waals surface area contributed by atoms with Gasteiger partial charge in [0.05, 0.1) is 10.7 Å². The van der Waals surface area contributed by atoms with E-state index in [1.165, 1.54) is 16.9 Å². The predicted molar refractivity (Wildman–Crippen MR) is 110 cm³/mol. The number of hydrogen-bond acceptors (Lipinski definition) is 4. The Labute approximate surface area is 161 Å². The monoisotopic (exact) mass is 373 g/mol. The molecule has 0 fully saturated rings. The molecule has 0 atom stereocenters. The highest BCUT2D eigenvalue weighted by Crippen LogP contribution is 2.21. The summed E-state index contributed by atoms with van der Waals surface area (Å²) in [5, 5.41) is 4.09. The van der Waals surface area contributed by atoms with Gasteiger partial charge in [0.25, 0.3) is 5.91 Å². The van der Waals surface area contributed by atoms with Crippen LogP contribution in [0.5, 0.6) is 0 Å². The highest BCUT2D eigenvalue weighted by Gasteiger charge is 2.15. The topological polar surface area (TPSA) is 45.2 Å². The average molecular weight is 374 g/mol. The molecule has 0 spiro atoms. The molecule has 0 saturated heterocycles. The van der Waals surface area contributed by atoms with Crippen LogP contribution in [0, 0.1) is 12.8 Å². The first kappa shape index (κ1) is 20.6. The van der Waals surface area contributed by atoms with E-state index in [0.29, 0.717) is 12.5 Å². The number of thiazole rings is 1. The second-order valence-corrected chi connectivity index (χ2v) is 8.17. The fourth-order valence-electron chi connectivity index (χ4n) is 2.91. The summed E-state index contributed by atoms with van der Waals surface area (Å²) in [6, 6.07) is 8.46. The van der Waals surface area contributed by atoms with Gasteiger partial charge in [0.2, 0.25) is 0 Å². The van der Waals surface area contributed by atoms with Gasteiger partial charge < -0.3 is 5.32 Å². The van der Waals surface area contributed by atoms with Gasteiger partial charge in [-0.1, -0.05) is 52.0 Å². The second kappa shape index (κ2) is 9.83. The van der Waals surface area contributed by atoms with Crippen LogP contribution in [0.1, 0.15) is 59.2 Å². The van der Waals surface area contributed by atoms with Crippen LogP contribution in [-0.2, 0) is 19.5 Å². The minimum absolute atomic E-state index is 0.0239. The number of carbonyl (C=O) groups is 1. The maximum atomic E-state index is 12.5. The molecule has 1 aromatic heterocycles. The van der Waals surface area contributed by atoms with Crippen LogP contribution in [-0.4, -0.2) is 28.9 Å². The van der Waals surface area contributed by atoms with Crippen LogP contribution in [0.3, 0.4) is 0 Å². The summed E-state index contributed by atoms with van der Waals surface area (Å²) < 4.78 is 0. The third-order valence-corrected chi connectivity index (χ3v) is 5.55. The van der Waals surface area contributed by atoms with Gasteiger partial charge in [-0.2, -0.15) is 0 Å². The van der Waals surface area contributed by atoms with E-state index in [9.17, 15) is 4.79 Å². The van der Waals surface area contributed by atoms with Gasteiger partial charge in [-0.15, -0.1) is 11.3 Å². The lowest BCUT2D eigenvalue weighted by Gasteiger charge is -2.18. The first-order chi connectivity index (χ1) is 12.4. The number of hydrogen-bond donors (Lipinski definition) is 1. The van der Waals surface area contributed by atoms with Crippen molar-refractivity contribution in [2.24, 2.45) is 5.92 Å². The molecule has 0 aliphatic rings. The molecule has 1 N–H and O–H groups in total. The Hall–Kier alpha value is -1.72. The molecule has 1 amide bonds. The Kier molecular flexibility index (Phi) is 7.79. The zero-order chi connectivity index (χ0) is 19.1. The Balaban J connectivity index is 1.98. The molecule has 1 heterocycles. The number of aryl methyl sites for hydroxylation is 1. The number of rotatable bonds is 9.